The van der Waals surface area contributed by atoms with Crippen molar-refractivity contribution in [2.45, 2.75) is 0 Å². The Bertz CT molecular complexity index is 1910. The van der Waals surface area contributed by atoms with Gasteiger partial charge in [0.05, 0.1) is 29.4 Å². The Labute approximate surface area is 222 Å². The Balaban J connectivity index is 1.46. The average Bonchev–Trinajstić information content (AvgIpc) is 3.44. The van der Waals surface area contributed by atoms with Crippen molar-refractivity contribution in [1.29, 1.82) is 0 Å². The summed E-state index contributed by atoms with van der Waals surface area (Å²) in [6.45, 7) is 0. The third-order valence-electron chi connectivity index (χ3n) is 5.65. The van der Waals surface area contributed by atoms with Gasteiger partial charge >= 0.3 is 0 Å². The van der Waals surface area contributed by atoms with Gasteiger partial charge in [-0.05, 0) is 30.3 Å². The molecule has 2 heterocycles. The Morgan fingerprint density at radius 1 is 1.00 bits per heavy atom. The smallest absolute Gasteiger partial charge is 0.229 e. The Kier molecular flexibility index (Phi) is 6.45. The van der Waals surface area contributed by atoms with Crippen LogP contribution in [0.3, 0.4) is 0 Å². The molecule has 206 valence electrons. The number of sulfonamides is 1. The molecule has 0 aliphatic rings. The highest BCUT2D eigenvalue weighted by atomic mass is 32.2. The van der Waals surface area contributed by atoms with Crippen molar-refractivity contribution >= 4 is 38.2 Å². The van der Waals surface area contributed by atoms with Gasteiger partial charge in [0.2, 0.25) is 21.6 Å². The van der Waals surface area contributed by atoms with E-state index in [1.54, 1.807) is 0 Å². The van der Waals surface area contributed by atoms with Gasteiger partial charge in [0.15, 0.2) is 23.2 Å². The van der Waals surface area contributed by atoms with E-state index in [4.69, 9.17) is 10.5 Å². The van der Waals surface area contributed by atoms with E-state index in [1.807, 2.05) is 4.72 Å². The number of benzene rings is 3. The van der Waals surface area contributed by atoms with Crippen LogP contribution < -0.4 is 15.2 Å². The van der Waals surface area contributed by atoms with Crippen molar-refractivity contribution < 1.29 is 39.9 Å². The van der Waals surface area contributed by atoms with Gasteiger partial charge in [-0.1, -0.05) is 6.07 Å². The van der Waals surface area contributed by atoms with Crippen LogP contribution in [0.2, 0.25) is 0 Å². The van der Waals surface area contributed by atoms with Gasteiger partial charge in [-0.3, -0.25) is 9.52 Å². The third-order valence-corrected chi connectivity index (χ3v) is 6.24. The molecule has 15 heteroatoms. The maximum Gasteiger partial charge on any atom is 0.229 e. The highest BCUT2D eigenvalue weighted by Crippen LogP contribution is 2.32. The molecule has 2 aromatic heterocycles. The minimum absolute atomic E-state index is 0.0982. The molecule has 0 unspecified atom stereocenters. The zero-order valence-corrected chi connectivity index (χ0v) is 20.9. The van der Waals surface area contributed by atoms with Crippen LogP contribution >= 0.6 is 0 Å². The van der Waals surface area contributed by atoms with Crippen LogP contribution in [-0.2, 0) is 10.0 Å². The summed E-state index contributed by atoms with van der Waals surface area (Å²) in [5.74, 6) is -8.24. The molecule has 0 radical (unpaired) electrons. The number of hydrogen-bond acceptors (Lipinski definition) is 6. The fourth-order valence-electron chi connectivity index (χ4n) is 3.90. The molecule has 0 amide bonds. The lowest BCUT2D eigenvalue weighted by atomic mass is 10.1. The lowest BCUT2D eigenvalue weighted by Gasteiger charge is -2.11. The molecule has 0 saturated heterocycles. The number of nitrogen functional groups attached to an aromatic ring is 1. The average molecular weight is 577 g/mol. The van der Waals surface area contributed by atoms with Gasteiger partial charge in [-0.25, -0.2) is 30.7 Å². The second-order valence-corrected chi connectivity index (χ2v) is 10.3. The molecule has 3 aromatic carbocycles. The number of aromatic nitrogens is 3. The van der Waals surface area contributed by atoms with Crippen molar-refractivity contribution in [1.82, 2.24) is 14.8 Å². The largest absolute Gasteiger partial charge is 0.454 e. The number of rotatable bonds is 7. The SMILES string of the molecule is CS(=O)(=O)Nc1cc2[nH]c(C(=O)c3cnn(-c4c(F)cc(Oc5cccc(F)c5F)cc4F)c3N)cc2cc1F. The van der Waals surface area contributed by atoms with Crippen molar-refractivity contribution in [2.75, 3.05) is 16.7 Å². The minimum atomic E-state index is -3.78. The van der Waals surface area contributed by atoms with E-state index >= 15 is 0 Å². The molecule has 4 N–H and O–H groups in total. The van der Waals surface area contributed by atoms with Gasteiger partial charge in [-0.15, -0.1) is 0 Å². The fourth-order valence-corrected chi connectivity index (χ4v) is 4.46. The minimum Gasteiger partial charge on any atom is -0.454 e. The first-order valence-electron chi connectivity index (χ1n) is 11.1. The normalized spacial score (nSPS) is 11.7. The number of aromatic amines is 1. The highest BCUT2D eigenvalue weighted by Gasteiger charge is 2.24. The molecule has 0 fully saturated rings. The number of nitrogens with zero attached hydrogens (tertiary/aromatic N) is 2. The van der Waals surface area contributed by atoms with Crippen LogP contribution in [0.1, 0.15) is 16.1 Å². The molecule has 0 spiro atoms. The second-order valence-electron chi connectivity index (χ2n) is 8.55. The lowest BCUT2D eigenvalue weighted by Crippen LogP contribution is -2.10. The standard InChI is InChI=1S/C25H16F5N5O4S/c1-40(37,38)34-19-9-18-11(5-15(19)27)6-20(33-18)24(36)13-10-32-35(25(13)31)23-16(28)7-12(8-17(23)29)39-21-4-2-3-14(26)22(21)30/h2-10,33-34H,31H2,1H3. The Morgan fingerprint density at radius 3 is 2.38 bits per heavy atom. The van der Waals surface area contributed by atoms with Crippen LogP contribution in [0.25, 0.3) is 16.6 Å². The van der Waals surface area contributed by atoms with Crippen LogP contribution in [0.4, 0.5) is 33.5 Å². The third kappa shape index (κ3) is 4.93. The van der Waals surface area contributed by atoms with E-state index in [1.165, 1.54) is 6.07 Å². The molecule has 0 aliphatic carbocycles. The number of anilines is 2. The second kappa shape index (κ2) is 9.68. The number of ketones is 1. The monoisotopic (exact) mass is 577 g/mol. The van der Waals surface area contributed by atoms with Crippen molar-refractivity contribution in [2.24, 2.45) is 0 Å². The zero-order chi connectivity index (χ0) is 28.9. The topological polar surface area (TPSA) is 132 Å². The highest BCUT2D eigenvalue weighted by molar-refractivity contribution is 7.92. The van der Waals surface area contributed by atoms with Gasteiger partial charge in [-0.2, -0.15) is 9.49 Å². The maximum atomic E-state index is 14.9. The zero-order valence-electron chi connectivity index (χ0n) is 20.1. The summed E-state index contributed by atoms with van der Waals surface area (Å²) in [6.07, 6.45) is 1.81. The molecular weight excluding hydrogens is 561 g/mol. The van der Waals surface area contributed by atoms with Gasteiger partial charge in [0.1, 0.15) is 23.1 Å². The molecule has 0 aliphatic heterocycles. The number of carbonyl (C=O) groups is 1. The molecule has 0 bridgehead atoms. The number of nitrogens with one attached hydrogen (secondary N) is 2. The first kappa shape index (κ1) is 26.7. The summed E-state index contributed by atoms with van der Waals surface area (Å²) in [5, 5.41) is 4.04. The van der Waals surface area contributed by atoms with Crippen LogP contribution in [0.15, 0.2) is 54.7 Å². The van der Waals surface area contributed by atoms with Crippen molar-refractivity contribution in [3.05, 3.63) is 95.1 Å². The first-order valence-corrected chi connectivity index (χ1v) is 13.0. The number of ether oxygens (including phenoxy) is 1. The number of carbonyl (C=O) groups excluding carboxylic acids is 1. The summed E-state index contributed by atoms with van der Waals surface area (Å²) in [5.41, 5.74) is 4.72. The van der Waals surface area contributed by atoms with E-state index in [0.29, 0.717) is 16.8 Å². The molecule has 0 atom stereocenters. The van der Waals surface area contributed by atoms with Crippen LogP contribution in [0, 0.1) is 29.1 Å². The van der Waals surface area contributed by atoms with E-state index in [2.05, 4.69) is 10.1 Å². The number of fused-ring (bicyclic) bond motifs is 1. The van der Waals surface area contributed by atoms with E-state index in [0.717, 1.165) is 42.8 Å². The summed E-state index contributed by atoms with van der Waals surface area (Å²) in [4.78, 5) is 15.8. The quantitative estimate of drug-likeness (QED) is 0.184. The number of halogens is 5. The summed E-state index contributed by atoms with van der Waals surface area (Å²) >= 11 is 0. The van der Waals surface area contributed by atoms with Gasteiger partial charge in [0.25, 0.3) is 0 Å². The summed E-state index contributed by atoms with van der Waals surface area (Å²) < 4.78 is 102. The lowest BCUT2D eigenvalue weighted by molar-refractivity contribution is 0.103. The predicted octanol–water partition coefficient (Wildman–Crippen LogP) is 5.03. The maximum absolute atomic E-state index is 14.9. The summed E-state index contributed by atoms with van der Waals surface area (Å²) in [6, 6.07) is 7.87. The molecule has 5 aromatic rings. The van der Waals surface area contributed by atoms with Crippen molar-refractivity contribution in [3.8, 4) is 17.2 Å². The molecular formula is C25H16F5N5O4S. The van der Waals surface area contributed by atoms with Crippen LogP contribution in [-0.4, -0.2) is 35.2 Å². The molecule has 9 nitrogen and oxygen atoms in total. The van der Waals surface area contributed by atoms with Crippen LogP contribution in [0.5, 0.6) is 11.5 Å². The first-order chi connectivity index (χ1) is 18.8. The van der Waals surface area contributed by atoms with Crippen molar-refractivity contribution in [3.63, 3.8) is 0 Å². The number of nitrogens with two attached hydrogens (primary N) is 1. The Morgan fingerprint density at radius 2 is 1.70 bits per heavy atom. The van der Waals surface area contributed by atoms with E-state index < -0.39 is 67.9 Å². The number of hydrogen-bond donors (Lipinski definition) is 3. The fraction of sp³-hybridized carbons (Fsp3) is 0.0400. The van der Waals surface area contributed by atoms with Gasteiger partial charge in [0, 0.05) is 23.0 Å². The summed E-state index contributed by atoms with van der Waals surface area (Å²) in [7, 11) is -3.78. The number of H-pyrrole nitrogens is 1. The molecule has 5 rings (SSSR count). The van der Waals surface area contributed by atoms with E-state index in [-0.39, 0.29) is 27.8 Å². The molecule has 0 saturated carbocycles. The predicted molar refractivity (Wildman–Crippen MR) is 134 cm³/mol. The van der Waals surface area contributed by atoms with E-state index in [9.17, 15) is 35.2 Å². The Hall–Kier alpha value is -4.92. The van der Waals surface area contributed by atoms with Gasteiger partial charge < -0.3 is 15.5 Å². The molecule has 40 heavy (non-hydrogen) atoms.